The molecule has 13 heavy (non-hydrogen) atoms. The van der Waals surface area contributed by atoms with E-state index in [0.717, 1.165) is 11.8 Å². The summed E-state index contributed by atoms with van der Waals surface area (Å²) in [5.41, 5.74) is 7.02. The number of hydrogen-bond acceptors (Lipinski definition) is 2. The second kappa shape index (κ2) is 3.05. The van der Waals surface area contributed by atoms with E-state index in [0.29, 0.717) is 5.82 Å². The van der Waals surface area contributed by atoms with Crippen LogP contribution < -0.4 is 5.73 Å². The van der Waals surface area contributed by atoms with E-state index in [9.17, 15) is 0 Å². The molecule has 2 heteroatoms. The van der Waals surface area contributed by atoms with Crippen molar-refractivity contribution in [3.05, 3.63) is 36.0 Å². The number of aromatic nitrogens is 1. The van der Waals surface area contributed by atoms with Gasteiger partial charge in [-0.05, 0) is 17.4 Å². The summed E-state index contributed by atoms with van der Waals surface area (Å²) in [6.45, 7) is 2.12. The van der Waals surface area contributed by atoms with Crippen LogP contribution in [0.2, 0.25) is 0 Å². The Bertz CT molecular complexity index is 435. The molecule has 0 atom stereocenters. The topological polar surface area (TPSA) is 38.9 Å². The molecule has 0 bridgehead atoms. The maximum absolute atomic E-state index is 5.77. The summed E-state index contributed by atoms with van der Waals surface area (Å²) in [7, 11) is 0. The van der Waals surface area contributed by atoms with Crippen molar-refractivity contribution in [3.63, 3.8) is 0 Å². The van der Waals surface area contributed by atoms with Crippen molar-refractivity contribution >= 4 is 16.6 Å². The van der Waals surface area contributed by atoms with Gasteiger partial charge in [-0.25, -0.2) is 4.98 Å². The number of anilines is 1. The van der Waals surface area contributed by atoms with Crippen molar-refractivity contribution in [1.29, 1.82) is 0 Å². The lowest BCUT2D eigenvalue weighted by atomic mass is 10.1. The van der Waals surface area contributed by atoms with E-state index in [2.05, 4.69) is 18.0 Å². The van der Waals surface area contributed by atoms with E-state index in [1.165, 1.54) is 10.9 Å². The van der Waals surface area contributed by atoms with Crippen molar-refractivity contribution in [2.24, 2.45) is 0 Å². The van der Waals surface area contributed by atoms with Crippen LogP contribution in [0, 0.1) is 0 Å². The number of aryl methyl sites for hydroxylation is 1. The molecule has 0 unspecified atom stereocenters. The molecule has 0 saturated heterocycles. The van der Waals surface area contributed by atoms with E-state index >= 15 is 0 Å². The zero-order valence-corrected chi connectivity index (χ0v) is 7.62. The summed E-state index contributed by atoms with van der Waals surface area (Å²) in [5.74, 6) is 0.618. The zero-order chi connectivity index (χ0) is 9.26. The van der Waals surface area contributed by atoms with Gasteiger partial charge in [0.15, 0.2) is 0 Å². The van der Waals surface area contributed by atoms with Gasteiger partial charge in [0.1, 0.15) is 5.82 Å². The molecule has 0 amide bonds. The molecule has 2 nitrogen and oxygen atoms in total. The number of fused-ring (bicyclic) bond motifs is 1. The fraction of sp³-hybridized carbons (Fsp3) is 0.182. The maximum Gasteiger partial charge on any atom is 0.131 e. The van der Waals surface area contributed by atoms with Crippen LogP contribution >= 0.6 is 0 Å². The molecule has 0 aliphatic carbocycles. The lowest BCUT2D eigenvalue weighted by Crippen LogP contribution is -1.94. The van der Waals surface area contributed by atoms with Gasteiger partial charge < -0.3 is 5.73 Å². The Kier molecular flexibility index (Phi) is 1.89. The molecule has 0 aliphatic heterocycles. The lowest BCUT2D eigenvalue weighted by molar-refractivity contribution is 1.13. The van der Waals surface area contributed by atoms with Gasteiger partial charge in [0.25, 0.3) is 0 Å². The first-order chi connectivity index (χ1) is 6.33. The van der Waals surface area contributed by atoms with Gasteiger partial charge in [0.05, 0.1) is 0 Å². The van der Waals surface area contributed by atoms with Crippen molar-refractivity contribution in [2.75, 3.05) is 5.73 Å². The van der Waals surface area contributed by atoms with Gasteiger partial charge in [-0.3, -0.25) is 0 Å². The van der Waals surface area contributed by atoms with Crippen LogP contribution in [0.15, 0.2) is 30.5 Å². The molecule has 0 radical (unpaired) electrons. The number of pyridine rings is 1. The molecule has 1 aromatic carbocycles. The molecule has 2 rings (SSSR count). The van der Waals surface area contributed by atoms with Crippen LogP contribution in [0.3, 0.4) is 0 Å². The van der Waals surface area contributed by atoms with E-state index in [4.69, 9.17) is 5.73 Å². The Morgan fingerprint density at radius 1 is 1.23 bits per heavy atom. The number of benzene rings is 1. The first kappa shape index (κ1) is 8.05. The Hall–Kier alpha value is -1.57. The summed E-state index contributed by atoms with van der Waals surface area (Å²) >= 11 is 0. The predicted molar refractivity (Wildman–Crippen MR) is 55.5 cm³/mol. The van der Waals surface area contributed by atoms with Gasteiger partial charge in [0.2, 0.25) is 0 Å². The Morgan fingerprint density at radius 3 is 2.62 bits per heavy atom. The number of hydrogen-bond donors (Lipinski definition) is 1. The fourth-order valence-corrected chi connectivity index (χ4v) is 1.55. The van der Waals surface area contributed by atoms with E-state index in [1.54, 1.807) is 0 Å². The van der Waals surface area contributed by atoms with E-state index in [-0.39, 0.29) is 0 Å². The third kappa shape index (κ3) is 1.24. The first-order valence-electron chi connectivity index (χ1n) is 4.45. The molecule has 2 aromatic rings. The summed E-state index contributed by atoms with van der Waals surface area (Å²) in [6, 6.07) is 8.11. The minimum Gasteiger partial charge on any atom is -0.383 e. The van der Waals surface area contributed by atoms with E-state index in [1.807, 2.05) is 24.4 Å². The summed E-state index contributed by atoms with van der Waals surface area (Å²) < 4.78 is 0. The molecular formula is C11H12N2. The highest BCUT2D eigenvalue weighted by atomic mass is 14.8. The monoisotopic (exact) mass is 172 g/mol. The number of nitrogens with zero attached hydrogens (tertiary/aromatic N) is 1. The van der Waals surface area contributed by atoms with Gasteiger partial charge >= 0.3 is 0 Å². The highest BCUT2D eigenvalue weighted by Gasteiger charge is 2.01. The third-order valence-corrected chi connectivity index (χ3v) is 2.29. The van der Waals surface area contributed by atoms with Gasteiger partial charge in [-0.1, -0.05) is 31.2 Å². The van der Waals surface area contributed by atoms with Crippen molar-refractivity contribution in [1.82, 2.24) is 4.98 Å². The minimum absolute atomic E-state index is 0.618. The number of nitrogens with two attached hydrogens (primary N) is 1. The maximum atomic E-state index is 5.77. The van der Waals surface area contributed by atoms with Gasteiger partial charge in [-0.15, -0.1) is 0 Å². The van der Waals surface area contributed by atoms with Crippen LogP contribution in [0.4, 0.5) is 5.82 Å². The second-order valence-corrected chi connectivity index (χ2v) is 3.07. The highest BCUT2D eigenvalue weighted by molar-refractivity contribution is 5.92. The largest absolute Gasteiger partial charge is 0.383 e. The molecular weight excluding hydrogens is 160 g/mol. The van der Waals surface area contributed by atoms with Crippen LogP contribution in [0.25, 0.3) is 10.8 Å². The number of nitrogen functional groups attached to an aromatic ring is 1. The average molecular weight is 172 g/mol. The minimum atomic E-state index is 0.618. The molecule has 1 aromatic heterocycles. The summed E-state index contributed by atoms with van der Waals surface area (Å²) in [4.78, 5) is 4.16. The quantitative estimate of drug-likeness (QED) is 0.717. The first-order valence-corrected chi connectivity index (χ1v) is 4.45. The van der Waals surface area contributed by atoms with Crippen LogP contribution in [0.5, 0.6) is 0 Å². The molecule has 0 fully saturated rings. The van der Waals surface area contributed by atoms with Crippen molar-refractivity contribution in [2.45, 2.75) is 13.3 Å². The summed E-state index contributed by atoms with van der Waals surface area (Å²) in [6.07, 6.45) is 2.85. The van der Waals surface area contributed by atoms with Crippen molar-refractivity contribution in [3.8, 4) is 0 Å². The molecule has 0 spiro atoms. The van der Waals surface area contributed by atoms with Crippen LogP contribution in [-0.4, -0.2) is 4.98 Å². The number of rotatable bonds is 1. The zero-order valence-electron chi connectivity index (χ0n) is 7.62. The van der Waals surface area contributed by atoms with Crippen molar-refractivity contribution < 1.29 is 0 Å². The molecule has 66 valence electrons. The average Bonchev–Trinajstić information content (AvgIpc) is 2.19. The Labute approximate surface area is 77.4 Å². The summed E-state index contributed by atoms with van der Waals surface area (Å²) in [5, 5.41) is 2.28. The smallest absolute Gasteiger partial charge is 0.131 e. The normalized spacial score (nSPS) is 10.5. The fourth-order valence-electron chi connectivity index (χ4n) is 1.55. The Balaban J connectivity index is 2.84. The SMILES string of the molecule is CCc1cnc(N)c2ccccc12. The van der Waals surface area contributed by atoms with Crippen LogP contribution in [0.1, 0.15) is 12.5 Å². The molecule has 2 N–H and O–H groups in total. The lowest BCUT2D eigenvalue weighted by Gasteiger charge is -2.04. The molecule has 0 saturated carbocycles. The second-order valence-electron chi connectivity index (χ2n) is 3.07. The van der Waals surface area contributed by atoms with Gasteiger partial charge in [-0.2, -0.15) is 0 Å². The predicted octanol–water partition coefficient (Wildman–Crippen LogP) is 2.38. The Morgan fingerprint density at radius 2 is 1.92 bits per heavy atom. The van der Waals surface area contributed by atoms with E-state index < -0.39 is 0 Å². The highest BCUT2D eigenvalue weighted by Crippen LogP contribution is 2.22. The van der Waals surface area contributed by atoms with Crippen LogP contribution in [-0.2, 0) is 6.42 Å². The van der Waals surface area contributed by atoms with Gasteiger partial charge in [0, 0.05) is 11.6 Å². The molecule has 0 aliphatic rings. The third-order valence-electron chi connectivity index (χ3n) is 2.29. The molecule has 1 heterocycles. The standard InChI is InChI=1S/C11H12N2/c1-2-8-7-13-11(12)10-6-4-3-5-9(8)10/h3-7H,2H2,1H3,(H2,12,13).